The van der Waals surface area contributed by atoms with Gasteiger partial charge in [0.2, 0.25) is 5.95 Å². The van der Waals surface area contributed by atoms with Crippen LogP contribution < -0.4 is 4.90 Å². The van der Waals surface area contributed by atoms with E-state index >= 15 is 0 Å². The Kier molecular flexibility index (Phi) is 5.76. The molecule has 3 rings (SSSR count). The van der Waals surface area contributed by atoms with Crippen molar-refractivity contribution in [1.29, 1.82) is 0 Å². The van der Waals surface area contributed by atoms with Crippen LogP contribution in [-0.4, -0.2) is 47.8 Å². The van der Waals surface area contributed by atoms with Crippen molar-refractivity contribution in [3.05, 3.63) is 53.9 Å². The number of anilines is 1. The minimum atomic E-state index is 0.135. The maximum atomic E-state index is 12.6. The third-order valence-corrected chi connectivity index (χ3v) is 4.68. The molecule has 1 aliphatic rings. The highest BCUT2D eigenvalue weighted by molar-refractivity contribution is 5.83. The molecular weight excluding hydrogens is 312 g/mol. The number of benzene rings is 1. The van der Waals surface area contributed by atoms with Crippen LogP contribution in [0.1, 0.15) is 24.0 Å². The topological polar surface area (TPSA) is 49.3 Å². The predicted molar refractivity (Wildman–Crippen MR) is 99.5 cm³/mol. The number of ketones is 1. The fourth-order valence-electron chi connectivity index (χ4n) is 3.32. The third kappa shape index (κ3) is 4.86. The highest BCUT2D eigenvalue weighted by Gasteiger charge is 2.25. The van der Waals surface area contributed by atoms with Crippen molar-refractivity contribution < 1.29 is 4.79 Å². The molecule has 0 saturated carbocycles. The molecule has 2 heterocycles. The molecule has 0 aliphatic carbocycles. The molecule has 132 valence electrons. The van der Waals surface area contributed by atoms with E-state index in [9.17, 15) is 4.79 Å². The van der Waals surface area contributed by atoms with Gasteiger partial charge < -0.3 is 4.90 Å². The second-order valence-electron chi connectivity index (χ2n) is 6.99. The quantitative estimate of drug-likeness (QED) is 0.810. The molecule has 1 atom stereocenters. The Labute approximate surface area is 149 Å². The second-order valence-corrected chi connectivity index (χ2v) is 6.99. The molecule has 25 heavy (non-hydrogen) atoms. The fraction of sp³-hybridized carbons (Fsp3) is 0.450. The summed E-state index contributed by atoms with van der Waals surface area (Å²) in [5, 5.41) is 0. The molecule has 0 spiro atoms. The summed E-state index contributed by atoms with van der Waals surface area (Å²) in [6.07, 6.45) is 6.38. The van der Waals surface area contributed by atoms with Gasteiger partial charge >= 0.3 is 0 Å². The highest BCUT2D eigenvalue weighted by Crippen LogP contribution is 2.21. The summed E-state index contributed by atoms with van der Waals surface area (Å²) >= 11 is 0. The second kappa shape index (κ2) is 8.21. The SMILES string of the molecule is CN(C)c1ncc(CN2CCC[C@H](C(=O)Cc3ccccc3)C2)cn1. The summed E-state index contributed by atoms with van der Waals surface area (Å²) in [4.78, 5) is 25.6. The largest absolute Gasteiger partial charge is 0.347 e. The summed E-state index contributed by atoms with van der Waals surface area (Å²) in [5.41, 5.74) is 2.21. The Morgan fingerprint density at radius 3 is 2.56 bits per heavy atom. The van der Waals surface area contributed by atoms with Crippen molar-refractivity contribution in [3.63, 3.8) is 0 Å². The molecule has 0 bridgehead atoms. The smallest absolute Gasteiger partial charge is 0.224 e. The lowest BCUT2D eigenvalue weighted by molar-refractivity contribution is -0.123. The molecule has 0 unspecified atom stereocenters. The first-order valence-corrected chi connectivity index (χ1v) is 8.89. The summed E-state index contributed by atoms with van der Waals surface area (Å²) in [5.74, 6) is 1.21. The number of piperidine rings is 1. The van der Waals surface area contributed by atoms with Crippen LogP contribution in [0.4, 0.5) is 5.95 Å². The molecule has 5 nitrogen and oxygen atoms in total. The molecule has 1 aromatic heterocycles. The van der Waals surface area contributed by atoms with Crippen molar-refractivity contribution in [2.75, 3.05) is 32.1 Å². The van der Waals surface area contributed by atoms with Crippen LogP contribution in [0.3, 0.4) is 0 Å². The Bertz CT molecular complexity index is 685. The summed E-state index contributed by atoms with van der Waals surface area (Å²) in [7, 11) is 3.87. The minimum Gasteiger partial charge on any atom is -0.347 e. The lowest BCUT2D eigenvalue weighted by atomic mass is 9.90. The Morgan fingerprint density at radius 1 is 1.16 bits per heavy atom. The van der Waals surface area contributed by atoms with Crippen LogP contribution in [0.25, 0.3) is 0 Å². The number of Topliss-reactive ketones (excluding diaryl/α,β-unsaturated/α-hetero) is 1. The van der Waals surface area contributed by atoms with E-state index in [0.29, 0.717) is 12.2 Å². The number of rotatable bonds is 6. The highest BCUT2D eigenvalue weighted by atomic mass is 16.1. The zero-order valence-electron chi connectivity index (χ0n) is 15.1. The molecule has 1 aromatic carbocycles. The monoisotopic (exact) mass is 338 g/mol. The van der Waals surface area contributed by atoms with E-state index < -0.39 is 0 Å². The molecule has 2 aromatic rings. The standard InChI is InChI=1S/C20H26N4O/c1-23(2)20-21-12-17(13-22-20)14-24-10-6-9-18(15-24)19(25)11-16-7-4-3-5-8-16/h3-5,7-8,12-13,18H,6,9-11,14-15H2,1-2H3/t18-/m0/s1. The van der Waals surface area contributed by atoms with E-state index in [1.807, 2.05) is 61.7 Å². The lowest BCUT2D eigenvalue weighted by Gasteiger charge is -2.32. The third-order valence-electron chi connectivity index (χ3n) is 4.68. The zero-order valence-corrected chi connectivity index (χ0v) is 15.1. The van der Waals surface area contributed by atoms with Crippen LogP contribution in [0.5, 0.6) is 0 Å². The van der Waals surface area contributed by atoms with Gasteiger partial charge in [-0.15, -0.1) is 0 Å². The van der Waals surface area contributed by atoms with Gasteiger partial charge in [-0.2, -0.15) is 0 Å². The van der Waals surface area contributed by atoms with Gasteiger partial charge in [-0.25, -0.2) is 9.97 Å². The Morgan fingerprint density at radius 2 is 1.88 bits per heavy atom. The van der Waals surface area contributed by atoms with Gasteiger partial charge in [0.15, 0.2) is 0 Å². The minimum absolute atomic E-state index is 0.135. The molecular formula is C20H26N4O. The number of aromatic nitrogens is 2. The number of likely N-dealkylation sites (tertiary alicyclic amines) is 1. The summed E-state index contributed by atoms with van der Waals surface area (Å²) in [6.45, 7) is 2.68. The maximum absolute atomic E-state index is 12.6. The zero-order chi connectivity index (χ0) is 17.6. The van der Waals surface area contributed by atoms with Crippen molar-refractivity contribution >= 4 is 11.7 Å². The van der Waals surface area contributed by atoms with Crippen LogP contribution in [-0.2, 0) is 17.8 Å². The van der Waals surface area contributed by atoms with Gasteiger partial charge in [-0.05, 0) is 24.9 Å². The van der Waals surface area contributed by atoms with E-state index in [1.165, 1.54) is 0 Å². The van der Waals surface area contributed by atoms with Crippen molar-refractivity contribution in [2.24, 2.45) is 5.92 Å². The van der Waals surface area contributed by atoms with E-state index in [-0.39, 0.29) is 5.92 Å². The maximum Gasteiger partial charge on any atom is 0.224 e. The average molecular weight is 338 g/mol. The summed E-state index contributed by atoms with van der Waals surface area (Å²) < 4.78 is 0. The van der Waals surface area contributed by atoms with Crippen LogP contribution in [0, 0.1) is 5.92 Å². The van der Waals surface area contributed by atoms with Gasteiger partial charge in [0, 0.05) is 57.5 Å². The van der Waals surface area contributed by atoms with Gasteiger partial charge in [0.25, 0.3) is 0 Å². The molecule has 1 saturated heterocycles. The molecule has 5 heteroatoms. The molecule has 0 amide bonds. The first kappa shape index (κ1) is 17.5. The van der Waals surface area contributed by atoms with Crippen LogP contribution in [0.2, 0.25) is 0 Å². The number of carbonyl (C=O) groups is 1. The lowest BCUT2D eigenvalue weighted by Crippen LogP contribution is -2.38. The van der Waals surface area contributed by atoms with E-state index in [2.05, 4.69) is 14.9 Å². The Balaban J connectivity index is 1.56. The fourth-order valence-corrected chi connectivity index (χ4v) is 3.32. The predicted octanol–water partition coefficient (Wildman–Crippen LogP) is 2.57. The average Bonchev–Trinajstić information content (AvgIpc) is 2.63. The molecule has 1 aliphatic heterocycles. The Hall–Kier alpha value is -2.27. The number of carbonyl (C=O) groups excluding carboxylic acids is 1. The first-order chi connectivity index (χ1) is 12.1. The normalized spacial score (nSPS) is 18.1. The van der Waals surface area contributed by atoms with Gasteiger partial charge in [-0.1, -0.05) is 30.3 Å². The van der Waals surface area contributed by atoms with Gasteiger partial charge in [0.05, 0.1) is 0 Å². The van der Waals surface area contributed by atoms with E-state index in [1.54, 1.807) is 0 Å². The van der Waals surface area contributed by atoms with Crippen molar-refractivity contribution in [1.82, 2.24) is 14.9 Å². The number of nitrogens with zero attached hydrogens (tertiary/aromatic N) is 4. The van der Waals surface area contributed by atoms with E-state index in [4.69, 9.17) is 0 Å². The summed E-state index contributed by atoms with van der Waals surface area (Å²) in [6, 6.07) is 10.0. The molecule has 1 fully saturated rings. The number of hydrogen-bond donors (Lipinski definition) is 0. The van der Waals surface area contributed by atoms with Gasteiger partial charge in [0.1, 0.15) is 5.78 Å². The first-order valence-electron chi connectivity index (χ1n) is 8.89. The van der Waals surface area contributed by atoms with Crippen molar-refractivity contribution in [2.45, 2.75) is 25.8 Å². The number of hydrogen-bond acceptors (Lipinski definition) is 5. The molecule has 0 radical (unpaired) electrons. The molecule has 0 N–H and O–H groups in total. The van der Waals surface area contributed by atoms with E-state index in [0.717, 1.165) is 49.6 Å². The van der Waals surface area contributed by atoms with Crippen LogP contribution >= 0.6 is 0 Å². The van der Waals surface area contributed by atoms with Crippen LogP contribution in [0.15, 0.2) is 42.7 Å². The van der Waals surface area contributed by atoms with Gasteiger partial charge in [-0.3, -0.25) is 9.69 Å². The van der Waals surface area contributed by atoms with Crippen molar-refractivity contribution in [3.8, 4) is 0 Å².